The lowest BCUT2D eigenvalue weighted by Gasteiger charge is -2.10. The van der Waals surface area contributed by atoms with E-state index in [2.05, 4.69) is 10.3 Å². The Kier molecular flexibility index (Phi) is 4.18. The summed E-state index contributed by atoms with van der Waals surface area (Å²) in [5.41, 5.74) is 0.491. The lowest BCUT2D eigenvalue weighted by molar-refractivity contribution is -0.137. The molecule has 1 aromatic carbocycles. The number of benzene rings is 1. The Morgan fingerprint density at radius 1 is 1.10 bits per heavy atom. The van der Waals surface area contributed by atoms with Crippen LogP contribution in [0.15, 0.2) is 53.5 Å². The molecule has 29 heavy (non-hydrogen) atoms. The monoisotopic (exact) mass is 400 g/mol. The zero-order chi connectivity index (χ0) is 20.9. The van der Waals surface area contributed by atoms with E-state index >= 15 is 0 Å². The Labute approximate surface area is 162 Å². The lowest BCUT2D eigenvalue weighted by Crippen LogP contribution is -2.16. The van der Waals surface area contributed by atoms with E-state index < -0.39 is 17.6 Å². The summed E-state index contributed by atoms with van der Waals surface area (Å²) in [5, 5.41) is 2.69. The normalized spacial score (nSPS) is 11.9. The fourth-order valence-corrected chi connectivity index (χ4v) is 3.22. The SMILES string of the molecule is Cc1cccn2c(=O)c3cc(C(=O)Nc4cccc(C(F)(F)F)c4)n(C)c3nc12. The van der Waals surface area contributed by atoms with E-state index in [0.717, 1.165) is 17.7 Å². The number of fused-ring (bicyclic) bond motifs is 2. The standard InChI is InChI=1S/C20H15F3N4O2/c1-11-5-4-8-27-16(11)25-17-14(19(27)29)10-15(26(17)2)18(28)24-13-7-3-6-12(9-13)20(21,22)23/h3-10H,1-2H3,(H,24,28). The molecule has 148 valence electrons. The molecule has 0 atom stereocenters. The number of anilines is 1. The first-order valence-corrected chi connectivity index (χ1v) is 8.63. The second-order valence-corrected chi connectivity index (χ2v) is 6.66. The molecule has 9 heteroatoms. The minimum atomic E-state index is -4.52. The number of aromatic nitrogens is 3. The Balaban J connectivity index is 1.78. The van der Waals surface area contributed by atoms with Crippen molar-refractivity contribution in [3.63, 3.8) is 0 Å². The molecule has 1 N–H and O–H groups in total. The molecule has 4 aromatic rings. The Morgan fingerprint density at radius 2 is 1.86 bits per heavy atom. The van der Waals surface area contributed by atoms with Gasteiger partial charge in [0.25, 0.3) is 11.5 Å². The molecule has 0 aliphatic rings. The number of amides is 1. The van der Waals surface area contributed by atoms with Crippen LogP contribution in [-0.2, 0) is 13.2 Å². The maximum absolute atomic E-state index is 12.9. The highest BCUT2D eigenvalue weighted by molar-refractivity contribution is 6.06. The Morgan fingerprint density at radius 3 is 2.59 bits per heavy atom. The van der Waals surface area contributed by atoms with Crippen LogP contribution in [0.1, 0.15) is 21.6 Å². The highest BCUT2D eigenvalue weighted by atomic mass is 19.4. The zero-order valence-electron chi connectivity index (χ0n) is 15.4. The van der Waals surface area contributed by atoms with Crippen LogP contribution in [-0.4, -0.2) is 19.9 Å². The minimum absolute atomic E-state index is 0.000711. The van der Waals surface area contributed by atoms with Crippen LogP contribution in [0.2, 0.25) is 0 Å². The first kappa shape index (κ1) is 18.7. The van der Waals surface area contributed by atoms with Crippen LogP contribution in [0, 0.1) is 6.92 Å². The van der Waals surface area contributed by atoms with Crippen LogP contribution in [0.25, 0.3) is 16.7 Å². The van der Waals surface area contributed by atoms with E-state index in [-0.39, 0.29) is 22.3 Å². The molecule has 0 unspecified atom stereocenters. The first-order chi connectivity index (χ1) is 13.7. The van der Waals surface area contributed by atoms with Gasteiger partial charge in [-0.25, -0.2) is 4.98 Å². The molecule has 6 nitrogen and oxygen atoms in total. The number of pyridine rings is 1. The quantitative estimate of drug-likeness (QED) is 0.557. The summed E-state index contributed by atoms with van der Waals surface area (Å²) in [6, 6.07) is 9.28. The second kappa shape index (κ2) is 6.47. The molecule has 0 saturated heterocycles. The van der Waals surface area contributed by atoms with Gasteiger partial charge in [-0.1, -0.05) is 12.1 Å². The second-order valence-electron chi connectivity index (χ2n) is 6.66. The van der Waals surface area contributed by atoms with Crippen molar-refractivity contribution in [2.45, 2.75) is 13.1 Å². The molecule has 0 bridgehead atoms. The molecule has 0 fully saturated rings. The number of aryl methyl sites for hydroxylation is 2. The molecule has 1 amide bonds. The van der Waals surface area contributed by atoms with Gasteiger partial charge in [0, 0.05) is 18.9 Å². The maximum atomic E-state index is 12.9. The summed E-state index contributed by atoms with van der Waals surface area (Å²) < 4.78 is 41.5. The van der Waals surface area contributed by atoms with Crippen LogP contribution >= 0.6 is 0 Å². The number of hydrogen-bond donors (Lipinski definition) is 1. The third-order valence-corrected chi connectivity index (χ3v) is 4.70. The molecular weight excluding hydrogens is 385 g/mol. The van der Waals surface area contributed by atoms with Gasteiger partial charge >= 0.3 is 6.18 Å². The van der Waals surface area contributed by atoms with Crippen LogP contribution in [0.3, 0.4) is 0 Å². The van der Waals surface area contributed by atoms with Crippen LogP contribution < -0.4 is 10.9 Å². The molecule has 4 rings (SSSR count). The average molecular weight is 400 g/mol. The molecule has 0 aliphatic carbocycles. The number of rotatable bonds is 2. The summed E-state index contributed by atoms with van der Waals surface area (Å²) in [6.07, 6.45) is -2.93. The number of carbonyl (C=O) groups excluding carboxylic acids is 1. The van der Waals surface area contributed by atoms with Crippen molar-refractivity contribution in [3.8, 4) is 0 Å². The maximum Gasteiger partial charge on any atom is 0.416 e. The Hall–Kier alpha value is -3.62. The van der Waals surface area contributed by atoms with Gasteiger partial charge in [-0.2, -0.15) is 13.2 Å². The number of halogens is 3. The number of nitrogens with one attached hydrogen (secondary N) is 1. The number of nitrogens with zero attached hydrogens (tertiary/aromatic N) is 3. The van der Waals surface area contributed by atoms with Crippen molar-refractivity contribution in [2.75, 3.05) is 5.32 Å². The number of hydrogen-bond acceptors (Lipinski definition) is 3. The van der Waals surface area contributed by atoms with Gasteiger partial charge in [0.2, 0.25) is 0 Å². The zero-order valence-corrected chi connectivity index (χ0v) is 15.4. The van der Waals surface area contributed by atoms with Gasteiger partial charge in [-0.15, -0.1) is 0 Å². The lowest BCUT2D eigenvalue weighted by atomic mass is 10.2. The molecule has 3 heterocycles. The molecule has 3 aromatic heterocycles. The van der Waals surface area contributed by atoms with E-state index in [1.807, 2.05) is 13.0 Å². The van der Waals surface area contributed by atoms with Gasteiger partial charge < -0.3 is 9.88 Å². The summed E-state index contributed by atoms with van der Waals surface area (Å²) in [6.45, 7) is 1.82. The third-order valence-electron chi connectivity index (χ3n) is 4.70. The van der Waals surface area contributed by atoms with E-state index in [9.17, 15) is 22.8 Å². The van der Waals surface area contributed by atoms with Crippen molar-refractivity contribution >= 4 is 28.3 Å². The van der Waals surface area contributed by atoms with Gasteiger partial charge in [0.1, 0.15) is 17.0 Å². The number of alkyl halides is 3. The average Bonchev–Trinajstić information content (AvgIpc) is 3.00. The summed E-state index contributed by atoms with van der Waals surface area (Å²) in [4.78, 5) is 30.0. The van der Waals surface area contributed by atoms with Crippen molar-refractivity contribution < 1.29 is 18.0 Å². The van der Waals surface area contributed by atoms with Gasteiger partial charge in [-0.05, 0) is 42.8 Å². The van der Waals surface area contributed by atoms with E-state index in [0.29, 0.717) is 11.3 Å². The highest BCUT2D eigenvalue weighted by Crippen LogP contribution is 2.30. The molecule has 0 saturated carbocycles. The molecule has 0 aliphatic heterocycles. The molecule has 0 spiro atoms. The molecular formula is C20H15F3N4O2. The predicted molar refractivity (Wildman–Crippen MR) is 102 cm³/mol. The van der Waals surface area contributed by atoms with Gasteiger partial charge in [0.05, 0.1) is 10.9 Å². The van der Waals surface area contributed by atoms with E-state index in [4.69, 9.17) is 0 Å². The van der Waals surface area contributed by atoms with Crippen molar-refractivity contribution in [1.29, 1.82) is 0 Å². The summed E-state index contributed by atoms with van der Waals surface area (Å²) in [5.74, 6) is -0.644. The van der Waals surface area contributed by atoms with Crippen LogP contribution in [0.5, 0.6) is 0 Å². The topological polar surface area (TPSA) is 68.4 Å². The summed E-state index contributed by atoms with van der Waals surface area (Å²) in [7, 11) is 1.57. The summed E-state index contributed by atoms with van der Waals surface area (Å²) >= 11 is 0. The molecule has 0 radical (unpaired) electrons. The largest absolute Gasteiger partial charge is 0.416 e. The van der Waals surface area contributed by atoms with Crippen molar-refractivity contribution in [1.82, 2.24) is 14.0 Å². The minimum Gasteiger partial charge on any atom is -0.324 e. The van der Waals surface area contributed by atoms with E-state index in [1.165, 1.54) is 27.2 Å². The fourth-order valence-electron chi connectivity index (χ4n) is 3.22. The Bertz CT molecular complexity index is 1340. The first-order valence-electron chi connectivity index (χ1n) is 8.63. The van der Waals surface area contributed by atoms with Gasteiger partial charge in [-0.3, -0.25) is 14.0 Å². The third kappa shape index (κ3) is 3.14. The van der Waals surface area contributed by atoms with Crippen molar-refractivity contribution in [2.24, 2.45) is 7.05 Å². The van der Waals surface area contributed by atoms with Crippen LogP contribution in [0.4, 0.5) is 18.9 Å². The smallest absolute Gasteiger partial charge is 0.324 e. The van der Waals surface area contributed by atoms with Crippen molar-refractivity contribution in [3.05, 3.63) is 75.8 Å². The van der Waals surface area contributed by atoms with Gasteiger partial charge in [0.15, 0.2) is 0 Å². The van der Waals surface area contributed by atoms with E-state index in [1.54, 1.807) is 19.3 Å². The predicted octanol–water partition coefficient (Wildman–Crippen LogP) is 3.77. The fraction of sp³-hybridized carbons (Fsp3) is 0.150. The highest BCUT2D eigenvalue weighted by Gasteiger charge is 2.30. The number of carbonyl (C=O) groups is 1.